The minimum absolute atomic E-state index is 0.993. The fourth-order valence-electron chi connectivity index (χ4n) is 4.84. The van der Waals surface area contributed by atoms with E-state index in [1.54, 1.807) is 6.42 Å². The summed E-state index contributed by atoms with van der Waals surface area (Å²) in [5.74, 6) is 6.29. The van der Waals surface area contributed by atoms with Gasteiger partial charge in [-0.1, -0.05) is 38.8 Å². The summed E-state index contributed by atoms with van der Waals surface area (Å²) in [6.07, 6.45) is 10.8. The third kappa shape index (κ3) is 1.00. The lowest BCUT2D eigenvalue weighted by molar-refractivity contribution is 0.135. The molecule has 0 N–H and O–H groups in total. The number of hydrogen-bond donors (Lipinski definition) is 0. The predicted octanol–water partition coefficient (Wildman–Crippen LogP) is 3.88. The van der Waals surface area contributed by atoms with Gasteiger partial charge in [0.25, 0.3) is 0 Å². The molecule has 78 valence electrons. The molecule has 2 saturated carbocycles. The van der Waals surface area contributed by atoms with Crippen LogP contribution in [-0.2, 0) is 0 Å². The van der Waals surface area contributed by atoms with Crippen molar-refractivity contribution in [2.24, 2.45) is 35.5 Å². The van der Waals surface area contributed by atoms with Crippen LogP contribution < -0.4 is 0 Å². The van der Waals surface area contributed by atoms with Gasteiger partial charge in [-0.25, -0.2) is 0 Å². The largest absolute Gasteiger partial charge is 0.0879 e. The van der Waals surface area contributed by atoms with Crippen molar-refractivity contribution in [1.82, 2.24) is 0 Å². The van der Waals surface area contributed by atoms with Crippen LogP contribution in [0, 0.1) is 35.5 Å². The van der Waals surface area contributed by atoms with Gasteiger partial charge in [0, 0.05) is 0 Å². The minimum atomic E-state index is 0.993. The molecule has 0 spiro atoms. The highest BCUT2D eigenvalue weighted by atomic mass is 14.6. The molecule has 0 radical (unpaired) electrons. The Morgan fingerprint density at radius 2 is 2.07 bits per heavy atom. The number of hydrogen-bond acceptors (Lipinski definition) is 0. The average molecular weight is 190 g/mol. The first kappa shape index (κ1) is 9.00. The molecule has 0 amide bonds. The van der Waals surface area contributed by atoms with Crippen molar-refractivity contribution >= 4 is 0 Å². The Morgan fingerprint density at radius 3 is 2.86 bits per heavy atom. The maximum Gasteiger partial charge on any atom is -0.0168 e. The third-order valence-electron chi connectivity index (χ3n) is 5.37. The molecule has 14 heavy (non-hydrogen) atoms. The Labute approximate surface area is 87.8 Å². The molecule has 0 aromatic rings. The molecule has 0 saturated heterocycles. The van der Waals surface area contributed by atoms with Gasteiger partial charge in [-0.05, 0) is 48.3 Å². The Bertz CT molecular complexity index is 253. The first-order valence-corrected chi connectivity index (χ1v) is 6.49. The molecular weight excluding hydrogens is 168 g/mol. The summed E-state index contributed by atoms with van der Waals surface area (Å²) in [4.78, 5) is 0. The van der Waals surface area contributed by atoms with E-state index in [-0.39, 0.29) is 0 Å². The molecule has 0 heteroatoms. The van der Waals surface area contributed by atoms with Crippen LogP contribution in [0.25, 0.3) is 0 Å². The summed E-state index contributed by atoms with van der Waals surface area (Å²) in [5, 5.41) is 0. The van der Waals surface area contributed by atoms with Gasteiger partial charge >= 0.3 is 0 Å². The Kier molecular flexibility index (Phi) is 2.00. The van der Waals surface area contributed by atoms with Crippen molar-refractivity contribution in [2.45, 2.75) is 39.5 Å². The van der Waals surface area contributed by atoms with E-state index in [9.17, 15) is 0 Å². The van der Waals surface area contributed by atoms with Crippen molar-refractivity contribution in [2.75, 3.05) is 0 Å². The van der Waals surface area contributed by atoms with Crippen LogP contribution in [0.1, 0.15) is 39.5 Å². The summed E-state index contributed by atoms with van der Waals surface area (Å²) in [6.45, 7) is 4.88. The normalized spacial score (nSPS) is 54.1. The molecule has 3 aliphatic rings. The summed E-state index contributed by atoms with van der Waals surface area (Å²) in [7, 11) is 0. The highest BCUT2D eigenvalue weighted by molar-refractivity contribution is 5.15. The van der Waals surface area contributed by atoms with E-state index < -0.39 is 0 Å². The number of fused-ring (bicyclic) bond motifs is 5. The first-order chi connectivity index (χ1) is 6.83. The van der Waals surface area contributed by atoms with Crippen LogP contribution in [0.5, 0.6) is 0 Å². The lowest BCUT2D eigenvalue weighted by Gasteiger charge is -2.36. The maximum atomic E-state index is 2.55. The zero-order valence-electron chi connectivity index (χ0n) is 9.45. The van der Waals surface area contributed by atoms with E-state index in [1.807, 2.05) is 0 Å². The standard InChI is InChI=1S/C14H22/c1-3-5-10-9(2)13-8-14(10)12-7-4-6-11(12)13/h4,7,9-14H,3,5-6,8H2,1-2H3. The quantitative estimate of drug-likeness (QED) is 0.580. The van der Waals surface area contributed by atoms with Crippen LogP contribution >= 0.6 is 0 Å². The second-order valence-electron chi connectivity index (χ2n) is 5.78. The smallest absolute Gasteiger partial charge is 0.0168 e. The molecule has 0 nitrogen and oxygen atoms in total. The third-order valence-corrected chi connectivity index (χ3v) is 5.37. The van der Waals surface area contributed by atoms with E-state index in [2.05, 4.69) is 26.0 Å². The molecule has 0 aromatic carbocycles. The molecule has 6 unspecified atom stereocenters. The van der Waals surface area contributed by atoms with Gasteiger partial charge in [0.2, 0.25) is 0 Å². The van der Waals surface area contributed by atoms with Gasteiger partial charge < -0.3 is 0 Å². The summed E-state index contributed by atoms with van der Waals surface area (Å²) in [5.41, 5.74) is 0. The van der Waals surface area contributed by atoms with Crippen LogP contribution in [-0.4, -0.2) is 0 Å². The van der Waals surface area contributed by atoms with E-state index >= 15 is 0 Å². The molecule has 0 aliphatic heterocycles. The fraction of sp³-hybridized carbons (Fsp3) is 0.857. The van der Waals surface area contributed by atoms with E-state index in [4.69, 9.17) is 0 Å². The highest BCUT2D eigenvalue weighted by Crippen LogP contribution is 2.62. The van der Waals surface area contributed by atoms with Gasteiger partial charge in [-0.3, -0.25) is 0 Å². The first-order valence-electron chi connectivity index (χ1n) is 6.49. The Balaban J connectivity index is 1.83. The summed E-state index contributed by atoms with van der Waals surface area (Å²) in [6, 6.07) is 0. The van der Waals surface area contributed by atoms with E-state index in [1.165, 1.54) is 19.3 Å². The molecule has 0 aromatic heterocycles. The van der Waals surface area contributed by atoms with Gasteiger partial charge in [0.1, 0.15) is 0 Å². The molecule has 3 aliphatic carbocycles. The summed E-state index contributed by atoms with van der Waals surface area (Å²) >= 11 is 0. The van der Waals surface area contributed by atoms with E-state index in [0.717, 1.165) is 35.5 Å². The maximum absolute atomic E-state index is 2.55. The zero-order valence-corrected chi connectivity index (χ0v) is 9.45. The van der Waals surface area contributed by atoms with Gasteiger partial charge in [-0.15, -0.1) is 0 Å². The lowest BCUT2D eigenvalue weighted by atomic mass is 9.69. The summed E-state index contributed by atoms with van der Waals surface area (Å²) < 4.78 is 0. The molecule has 2 fully saturated rings. The lowest BCUT2D eigenvalue weighted by Crippen LogP contribution is -2.30. The van der Waals surface area contributed by atoms with Crippen molar-refractivity contribution in [3.8, 4) is 0 Å². The van der Waals surface area contributed by atoms with Crippen molar-refractivity contribution in [3.63, 3.8) is 0 Å². The highest BCUT2D eigenvalue weighted by Gasteiger charge is 2.55. The molecule has 0 heterocycles. The second-order valence-corrected chi connectivity index (χ2v) is 5.78. The fourth-order valence-corrected chi connectivity index (χ4v) is 4.84. The second kappa shape index (κ2) is 3.12. The van der Waals surface area contributed by atoms with Crippen LogP contribution in [0.15, 0.2) is 12.2 Å². The van der Waals surface area contributed by atoms with Gasteiger partial charge in [0.05, 0.1) is 0 Å². The topological polar surface area (TPSA) is 0 Å². The molecule has 6 atom stereocenters. The van der Waals surface area contributed by atoms with Crippen LogP contribution in [0.2, 0.25) is 0 Å². The Hall–Kier alpha value is -0.260. The van der Waals surface area contributed by atoms with E-state index in [0.29, 0.717) is 0 Å². The number of allylic oxidation sites excluding steroid dienone is 2. The van der Waals surface area contributed by atoms with Gasteiger partial charge in [-0.2, -0.15) is 0 Å². The number of rotatable bonds is 2. The predicted molar refractivity (Wildman–Crippen MR) is 59.9 cm³/mol. The molecule has 2 bridgehead atoms. The van der Waals surface area contributed by atoms with Crippen molar-refractivity contribution < 1.29 is 0 Å². The van der Waals surface area contributed by atoms with Crippen LogP contribution in [0.3, 0.4) is 0 Å². The van der Waals surface area contributed by atoms with Gasteiger partial charge in [0.15, 0.2) is 0 Å². The van der Waals surface area contributed by atoms with Crippen molar-refractivity contribution in [1.29, 1.82) is 0 Å². The molecular formula is C14H22. The molecule has 3 rings (SSSR count). The minimum Gasteiger partial charge on any atom is -0.0879 e. The Morgan fingerprint density at radius 1 is 1.21 bits per heavy atom. The SMILES string of the molecule is CCCC1C(C)C2CC1C1C=CCC12. The van der Waals surface area contributed by atoms with Crippen molar-refractivity contribution in [3.05, 3.63) is 12.2 Å². The zero-order chi connectivity index (χ0) is 9.71. The van der Waals surface area contributed by atoms with Crippen LogP contribution in [0.4, 0.5) is 0 Å². The monoisotopic (exact) mass is 190 g/mol. The average Bonchev–Trinajstić information content (AvgIpc) is 2.78.